The van der Waals surface area contributed by atoms with E-state index in [1.54, 1.807) is 0 Å². The molecule has 0 unspecified atom stereocenters. The summed E-state index contributed by atoms with van der Waals surface area (Å²) in [6.07, 6.45) is 0. The van der Waals surface area contributed by atoms with Crippen molar-refractivity contribution in [2.45, 2.75) is 174 Å². The second-order valence-corrected chi connectivity index (χ2v) is 33.4. The molecule has 0 aliphatic carbocycles. The fraction of sp³-hybridized carbons (Fsp3) is 1.00. The number of nitrogens with zero attached hydrogens (tertiary/aromatic N) is 1. The third kappa shape index (κ3) is 9.72. The molecule has 248 valence electrons. The lowest BCUT2D eigenvalue weighted by molar-refractivity contribution is 0.284. The van der Waals surface area contributed by atoms with Crippen LogP contribution in [-0.2, 0) is 0 Å². The van der Waals surface area contributed by atoms with Crippen LogP contribution in [0.25, 0.3) is 0 Å². The highest BCUT2D eigenvalue weighted by Crippen LogP contribution is 2.40. The lowest BCUT2D eigenvalue weighted by Gasteiger charge is -2.49. The molecule has 8 heteroatoms. The fourth-order valence-corrected chi connectivity index (χ4v) is 27.3. The first kappa shape index (κ1) is 41.5. The standard InChI is InChI=1S/C33H79N5Si3/c1-25(2)39(26(3)4,27(5)6)35-19-22-38(23-20-36-40(28(7)8,29(9)10)30(11)12)24-21-37-41(31(13)14,32(15)16)33(17,18)34/h25-32,35-37H,19-24,34H2,1-18H3. The Kier molecular flexibility index (Phi) is 17.4. The SMILES string of the molecule is CC(C)[Si](NCCN(CCN[Si](C(C)C)(C(C)C)C(C)C)CCN[Si](C(C)C)(C(C)C)C(C)(C)N)(C(C)C)C(C)C. The number of hydrogen-bond acceptors (Lipinski definition) is 5. The second-order valence-electron chi connectivity index (χ2n) is 16.3. The Labute approximate surface area is 263 Å². The highest BCUT2D eigenvalue weighted by atomic mass is 28.3. The van der Waals surface area contributed by atoms with E-state index in [0.29, 0.717) is 11.1 Å². The van der Waals surface area contributed by atoms with Crippen LogP contribution in [-0.4, -0.2) is 74.0 Å². The Morgan fingerprint density at radius 3 is 0.902 bits per heavy atom. The summed E-state index contributed by atoms with van der Waals surface area (Å²) in [6.45, 7) is 50.0. The van der Waals surface area contributed by atoms with Gasteiger partial charge in [0.05, 0.1) is 0 Å². The quantitative estimate of drug-likeness (QED) is 0.0960. The molecule has 5 nitrogen and oxygen atoms in total. The highest BCUT2D eigenvalue weighted by Gasteiger charge is 2.50. The molecule has 0 saturated carbocycles. The van der Waals surface area contributed by atoms with E-state index in [9.17, 15) is 0 Å². The molecule has 5 N–H and O–H groups in total. The van der Waals surface area contributed by atoms with Gasteiger partial charge in [-0.2, -0.15) is 0 Å². The van der Waals surface area contributed by atoms with Gasteiger partial charge in [-0.05, 0) is 58.2 Å². The summed E-state index contributed by atoms with van der Waals surface area (Å²) in [7, 11) is -5.20. The minimum Gasteiger partial charge on any atom is -0.335 e. The Morgan fingerprint density at radius 1 is 0.463 bits per heavy atom. The molecule has 0 radical (unpaired) electrons. The first-order valence-corrected chi connectivity index (χ1v) is 24.0. The molecule has 0 aliphatic heterocycles. The van der Waals surface area contributed by atoms with Crippen LogP contribution in [0, 0.1) is 0 Å². The lowest BCUT2D eigenvalue weighted by Crippen LogP contribution is -2.73. The van der Waals surface area contributed by atoms with Crippen molar-refractivity contribution in [3.05, 3.63) is 0 Å². The van der Waals surface area contributed by atoms with Gasteiger partial charge in [0.1, 0.15) is 24.7 Å². The molecule has 0 amide bonds. The van der Waals surface area contributed by atoms with Gasteiger partial charge >= 0.3 is 0 Å². The predicted molar refractivity (Wildman–Crippen MR) is 197 cm³/mol. The number of hydrogen-bond donors (Lipinski definition) is 4. The minimum absolute atomic E-state index is 0.169. The highest BCUT2D eigenvalue weighted by molar-refractivity contribution is 6.83. The molecule has 0 saturated heterocycles. The summed E-state index contributed by atoms with van der Waals surface area (Å²) in [6, 6.07) is 0. The van der Waals surface area contributed by atoms with E-state index in [1.165, 1.54) is 0 Å². The average molecular weight is 630 g/mol. The summed E-state index contributed by atoms with van der Waals surface area (Å²) in [5, 5.41) is -0.169. The summed E-state index contributed by atoms with van der Waals surface area (Å²) >= 11 is 0. The fourth-order valence-electron chi connectivity index (χ4n) is 9.63. The van der Waals surface area contributed by atoms with Gasteiger partial charge in [-0.25, -0.2) is 0 Å². The van der Waals surface area contributed by atoms with Crippen LogP contribution in [0.2, 0.25) is 44.3 Å². The van der Waals surface area contributed by atoms with Crippen LogP contribution in [0.4, 0.5) is 0 Å². The van der Waals surface area contributed by atoms with Gasteiger partial charge in [0.15, 0.2) is 0 Å². The van der Waals surface area contributed by atoms with Crippen LogP contribution >= 0.6 is 0 Å². The normalized spacial score (nSPS) is 14.6. The first-order valence-electron chi connectivity index (χ1n) is 17.3. The molecule has 0 bridgehead atoms. The number of nitrogens with two attached hydrogens (primary N) is 1. The van der Waals surface area contributed by atoms with E-state index in [2.05, 4.69) is 144 Å². The van der Waals surface area contributed by atoms with Crippen LogP contribution < -0.4 is 20.7 Å². The van der Waals surface area contributed by atoms with Gasteiger partial charge in [-0.1, -0.05) is 111 Å². The van der Waals surface area contributed by atoms with E-state index in [-0.39, 0.29) is 5.16 Å². The van der Waals surface area contributed by atoms with Crippen molar-refractivity contribution in [2.75, 3.05) is 39.3 Å². The molecule has 0 fully saturated rings. The van der Waals surface area contributed by atoms with Crippen LogP contribution in [0.3, 0.4) is 0 Å². The number of rotatable bonds is 21. The third-order valence-corrected chi connectivity index (χ3v) is 31.0. The van der Waals surface area contributed by atoms with Crippen molar-refractivity contribution in [2.24, 2.45) is 5.73 Å². The van der Waals surface area contributed by atoms with E-state index in [4.69, 9.17) is 5.73 Å². The second kappa shape index (κ2) is 17.2. The molecule has 41 heavy (non-hydrogen) atoms. The Bertz CT molecular complexity index is 625. The van der Waals surface area contributed by atoms with Crippen LogP contribution in [0.15, 0.2) is 0 Å². The van der Waals surface area contributed by atoms with Crippen LogP contribution in [0.1, 0.15) is 125 Å². The maximum atomic E-state index is 6.93. The summed E-state index contributed by atoms with van der Waals surface area (Å²) in [4.78, 5) is 15.4. The minimum atomic E-state index is -1.95. The predicted octanol–water partition coefficient (Wildman–Crippen LogP) is 8.45. The average Bonchev–Trinajstić information content (AvgIpc) is 2.78. The molecule has 0 heterocycles. The topological polar surface area (TPSA) is 65.3 Å². The van der Waals surface area contributed by atoms with Crippen molar-refractivity contribution in [3.8, 4) is 0 Å². The zero-order valence-corrected chi connectivity index (χ0v) is 34.4. The van der Waals surface area contributed by atoms with Gasteiger partial charge in [-0.15, -0.1) is 0 Å². The zero-order valence-electron chi connectivity index (χ0n) is 31.4. The molecule has 0 aromatic rings. The van der Waals surface area contributed by atoms with Crippen LogP contribution in [0.5, 0.6) is 0 Å². The van der Waals surface area contributed by atoms with E-state index in [1.807, 2.05) is 0 Å². The molecule has 0 atom stereocenters. The van der Waals surface area contributed by atoms with Crippen molar-refractivity contribution in [1.29, 1.82) is 0 Å². The van der Waals surface area contributed by atoms with Gasteiger partial charge in [0.2, 0.25) is 0 Å². The monoisotopic (exact) mass is 630 g/mol. The van der Waals surface area contributed by atoms with Crippen molar-refractivity contribution < 1.29 is 0 Å². The Balaban J connectivity index is 5.94. The van der Waals surface area contributed by atoms with Crippen molar-refractivity contribution >= 4 is 24.7 Å². The first-order chi connectivity index (χ1) is 18.6. The van der Waals surface area contributed by atoms with E-state index >= 15 is 0 Å². The maximum Gasteiger partial charge on any atom is 0.150 e. The molecule has 0 aromatic heterocycles. The molecule has 0 aliphatic rings. The summed E-state index contributed by atoms with van der Waals surface area (Å²) < 4.78 is 0. The Hall–Kier alpha value is 0.451. The maximum absolute atomic E-state index is 6.93. The van der Waals surface area contributed by atoms with E-state index < -0.39 is 24.7 Å². The van der Waals surface area contributed by atoms with E-state index in [0.717, 1.165) is 72.5 Å². The van der Waals surface area contributed by atoms with Gasteiger partial charge in [0, 0.05) is 44.4 Å². The number of nitrogens with one attached hydrogen (secondary N) is 3. The largest absolute Gasteiger partial charge is 0.335 e. The third-order valence-electron chi connectivity index (χ3n) is 11.2. The lowest BCUT2D eigenvalue weighted by atomic mass is 10.4. The summed E-state index contributed by atoms with van der Waals surface area (Å²) in [5.74, 6) is 0. The molecular formula is C33H79N5Si3. The summed E-state index contributed by atoms with van der Waals surface area (Å²) in [5.41, 5.74) is 12.5. The molecule has 0 rings (SSSR count). The smallest absolute Gasteiger partial charge is 0.150 e. The zero-order chi connectivity index (χ0) is 32.6. The van der Waals surface area contributed by atoms with Crippen molar-refractivity contribution in [1.82, 2.24) is 19.8 Å². The molecule has 0 aromatic carbocycles. The Morgan fingerprint density at radius 2 is 0.707 bits per heavy atom. The van der Waals surface area contributed by atoms with Gasteiger partial charge in [-0.3, -0.25) is 4.90 Å². The van der Waals surface area contributed by atoms with Gasteiger partial charge < -0.3 is 20.7 Å². The van der Waals surface area contributed by atoms with Crippen molar-refractivity contribution in [3.63, 3.8) is 0 Å². The molecular weight excluding hydrogens is 551 g/mol. The molecule has 0 spiro atoms. The van der Waals surface area contributed by atoms with Gasteiger partial charge in [0.25, 0.3) is 0 Å².